The SMILES string of the molecule is CCOc1ncccc1C1(OC(=O)N2CCC(N3CCN(C)CC3)CC2)C(=O)N(S(=O)(=O)c2ccc(OC)cc2OC)c2ccc(Cl)cc21. The summed E-state index contributed by atoms with van der Waals surface area (Å²) in [5, 5.41) is 0.197. The highest BCUT2D eigenvalue weighted by Crippen LogP contribution is 2.52. The van der Waals surface area contributed by atoms with Gasteiger partial charge >= 0.3 is 6.09 Å². The van der Waals surface area contributed by atoms with Crippen molar-refractivity contribution >= 4 is 39.3 Å². The van der Waals surface area contributed by atoms with Gasteiger partial charge in [0, 0.05) is 68.2 Å². The van der Waals surface area contributed by atoms with Crippen LogP contribution in [0.5, 0.6) is 17.4 Å². The van der Waals surface area contributed by atoms with Crippen LogP contribution in [-0.4, -0.2) is 113 Å². The lowest BCUT2D eigenvalue weighted by Gasteiger charge is -2.42. The van der Waals surface area contributed by atoms with Crippen LogP contribution in [0.2, 0.25) is 5.02 Å². The average molecular weight is 714 g/mol. The smallest absolute Gasteiger partial charge is 0.411 e. The molecule has 2 aromatic carbocycles. The Labute approximate surface area is 291 Å². The van der Waals surface area contributed by atoms with E-state index in [1.807, 2.05) is 0 Å². The number of carbonyl (C=O) groups excluding carboxylic acids is 2. The van der Waals surface area contributed by atoms with Gasteiger partial charge in [0.15, 0.2) is 0 Å². The van der Waals surface area contributed by atoms with Crippen LogP contribution in [0.1, 0.15) is 30.9 Å². The van der Waals surface area contributed by atoms with Crippen LogP contribution >= 0.6 is 11.6 Å². The highest BCUT2D eigenvalue weighted by Gasteiger charge is 2.61. The van der Waals surface area contributed by atoms with E-state index in [4.69, 9.17) is 30.5 Å². The lowest BCUT2D eigenvalue weighted by molar-refractivity contribution is -0.132. The number of carbonyl (C=O) groups is 2. The molecule has 3 aliphatic rings. The molecule has 1 aromatic heterocycles. The van der Waals surface area contributed by atoms with Crippen LogP contribution < -0.4 is 18.5 Å². The molecule has 3 aromatic rings. The summed E-state index contributed by atoms with van der Waals surface area (Å²) in [6, 6.07) is 11.9. The van der Waals surface area contributed by atoms with Crippen LogP contribution in [0.3, 0.4) is 0 Å². The summed E-state index contributed by atoms with van der Waals surface area (Å²) < 4.78 is 52.6. The Morgan fingerprint density at radius 3 is 2.39 bits per heavy atom. The highest BCUT2D eigenvalue weighted by atomic mass is 35.5. The molecule has 262 valence electrons. The van der Waals surface area contributed by atoms with Crippen LogP contribution in [0, 0.1) is 0 Å². The van der Waals surface area contributed by atoms with Crippen molar-refractivity contribution in [2.24, 2.45) is 0 Å². The van der Waals surface area contributed by atoms with Crippen molar-refractivity contribution in [1.82, 2.24) is 19.7 Å². The second kappa shape index (κ2) is 14.0. The van der Waals surface area contributed by atoms with Gasteiger partial charge in [0.1, 0.15) is 16.4 Å². The fraction of sp³-hybridized carbons (Fsp3) is 0.441. The number of hydrogen-bond donors (Lipinski definition) is 0. The van der Waals surface area contributed by atoms with Gasteiger partial charge in [-0.3, -0.25) is 9.69 Å². The first kappa shape index (κ1) is 34.7. The van der Waals surface area contributed by atoms with Crippen molar-refractivity contribution < 1.29 is 37.0 Å². The van der Waals surface area contributed by atoms with Gasteiger partial charge in [0.05, 0.1) is 32.1 Å². The number of nitrogens with zero attached hydrogens (tertiary/aromatic N) is 5. The predicted molar refractivity (Wildman–Crippen MR) is 182 cm³/mol. The lowest BCUT2D eigenvalue weighted by atomic mass is 9.87. The number of hydrogen-bond acceptors (Lipinski definition) is 11. The van der Waals surface area contributed by atoms with Crippen LogP contribution in [0.15, 0.2) is 59.6 Å². The van der Waals surface area contributed by atoms with E-state index in [1.165, 1.54) is 62.9 Å². The highest BCUT2D eigenvalue weighted by molar-refractivity contribution is 7.93. The zero-order valence-electron chi connectivity index (χ0n) is 27.9. The molecule has 0 saturated carbocycles. The molecule has 6 rings (SSSR count). The van der Waals surface area contributed by atoms with Crippen molar-refractivity contribution in [2.45, 2.75) is 36.3 Å². The largest absolute Gasteiger partial charge is 0.497 e. The Balaban J connectivity index is 1.43. The maximum Gasteiger partial charge on any atom is 0.411 e. The lowest BCUT2D eigenvalue weighted by Crippen LogP contribution is -2.54. The van der Waals surface area contributed by atoms with E-state index in [1.54, 1.807) is 17.9 Å². The number of halogens is 1. The topological polar surface area (TPSA) is 131 Å². The molecule has 0 N–H and O–H groups in total. The van der Waals surface area contributed by atoms with E-state index in [2.05, 4.69) is 21.8 Å². The van der Waals surface area contributed by atoms with Crippen LogP contribution in [0.4, 0.5) is 10.5 Å². The quantitative estimate of drug-likeness (QED) is 0.319. The number of methoxy groups -OCH3 is 2. The van der Waals surface area contributed by atoms with E-state index in [0.717, 1.165) is 39.0 Å². The van der Waals surface area contributed by atoms with E-state index >= 15 is 4.79 Å². The summed E-state index contributed by atoms with van der Waals surface area (Å²) in [7, 11) is 0.181. The molecule has 3 aliphatic heterocycles. The molecule has 49 heavy (non-hydrogen) atoms. The maximum atomic E-state index is 15.0. The number of sulfonamides is 1. The van der Waals surface area contributed by atoms with E-state index in [-0.39, 0.29) is 45.0 Å². The van der Waals surface area contributed by atoms with Crippen molar-refractivity contribution in [2.75, 3.05) is 71.4 Å². The average Bonchev–Trinajstić information content (AvgIpc) is 3.36. The van der Waals surface area contributed by atoms with Crippen LogP contribution in [-0.2, 0) is 25.2 Å². The van der Waals surface area contributed by atoms with Gasteiger partial charge in [-0.25, -0.2) is 18.2 Å². The molecule has 0 aliphatic carbocycles. The first-order chi connectivity index (χ1) is 23.5. The fourth-order valence-electron chi connectivity index (χ4n) is 6.78. The third-order valence-electron chi connectivity index (χ3n) is 9.38. The molecule has 4 heterocycles. The summed E-state index contributed by atoms with van der Waals surface area (Å²) in [5.41, 5.74) is -2.25. The molecule has 15 heteroatoms. The van der Waals surface area contributed by atoms with E-state index in [0.29, 0.717) is 29.2 Å². The number of amides is 2. The van der Waals surface area contributed by atoms with Gasteiger partial charge in [-0.15, -0.1) is 0 Å². The summed E-state index contributed by atoms with van der Waals surface area (Å²) in [4.78, 5) is 39.6. The molecular formula is C34H40ClN5O8S. The first-order valence-electron chi connectivity index (χ1n) is 16.2. The standard InChI is InChI=1S/C34H40ClN5O8S/c1-5-47-31-26(7-6-14-36-31)34(48-33(42)39-15-12-24(13-16-39)38-19-17-37(2)18-20-38)27-21-23(35)8-10-28(27)40(32(34)41)49(43,44)30-11-9-25(45-3)22-29(30)46-4/h6-11,14,21-22,24H,5,12-13,15-20H2,1-4H3. The second-order valence-electron chi connectivity index (χ2n) is 12.1. The van der Waals surface area contributed by atoms with Gasteiger partial charge in [0.2, 0.25) is 5.88 Å². The third-order valence-corrected chi connectivity index (χ3v) is 11.4. The molecule has 0 spiro atoms. The van der Waals surface area contributed by atoms with Crippen molar-refractivity contribution in [3.8, 4) is 17.4 Å². The molecule has 2 fully saturated rings. The number of pyridine rings is 1. The van der Waals surface area contributed by atoms with Gasteiger partial charge in [0.25, 0.3) is 21.5 Å². The fourth-order valence-corrected chi connectivity index (χ4v) is 8.55. The first-order valence-corrected chi connectivity index (χ1v) is 18.0. The van der Waals surface area contributed by atoms with Gasteiger partial charge in [-0.05, 0) is 69.3 Å². The molecule has 2 saturated heterocycles. The molecular weight excluding hydrogens is 674 g/mol. The number of likely N-dealkylation sites (tertiary alicyclic amines) is 1. The molecule has 2 amide bonds. The summed E-state index contributed by atoms with van der Waals surface area (Å²) in [6.07, 6.45) is 2.17. The number of piperidine rings is 1. The molecule has 13 nitrogen and oxygen atoms in total. The van der Waals surface area contributed by atoms with E-state index in [9.17, 15) is 13.2 Å². The number of fused-ring (bicyclic) bond motifs is 1. The van der Waals surface area contributed by atoms with Crippen molar-refractivity contribution in [1.29, 1.82) is 0 Å². The monoisotopic (exact) mass is 713 g/mol. The number of anilines is 1. The van der Waals surface area contributed by atoms with Crippen molar-refractivity contribution in [3.05, 3.63) is 70.9 Å². The molecule has 1 unspecified atom stereocenters. The second-order valence-corrected chi connectivity index (χ2v) is 14.3. The zero-order chi connectivity index (χ0) is 34.9. The Hall–Kier alpha value is -4.11. The number of rotatable bonds is 9. The summed E-state index contributed by atoms with van der Waals surface area (Å²) in [6.45, 7) is 6.63. The Bertz CT molecular complexity index is 1830. The normalized spacial score (nSPS) is 20.6. The Kier molecular flexibility index (Phi) is 9.94. The maximum absolute atomic E-state index is 15.0. The number of likely N-dealkylation sites (N-methyl/N-ethyl adjacent to an activating group) is 1. The minimum absolute atomic E-state index is 0.00660. The number of aromatic nitrogens is 1. The Morgan fingerprint density at radius 2 is 1.71 bits per heavy atom. The number of ether oxygens (including phenoxy) is 4. The van der Waals surface area contributed by atoms with Gasteiger partial charge < -0.3 is 28.7 Å². The number of piperazine rings is 1. The van der Waals surface area contributed by atoms with Gasteiger partial charge in [-0.1, -0.05) is 11.6 Å². The molecule has 0 bridgehead atoms. The third kappa shape index (κ3) is 6.26. The summed E-state index contributed by atoms with van der Waals surface area (Å²) >= 11 is 6.51. The minimum atomic E-state index is -4.69. The number of benzene rings is 2. The summed E-state index contributed by atoms with van der Waals surface area (Å²) in [5.74, 6) is -0.742. The van der Waals surface area contributed by atoms with Crippen molar-refractivity contribution in [3.63, 3.8) is 0 Å². The van der Waals surface area contributed by atoms with E-state index < -0.39 is 27.6 Å². The minimum Gasteiger partial charge on any atom is -0.497 e. The van der Waals surface area contributed by atoms with Gasteiger partial charge in [-0.2, -0.15) is 4.31 Å². The van der Waals surface area contributed by atoms with Crippen LogP contribution in [0.25, 0.3) is 0 Å². The predicted octanol–water partition coefficient (Wildman–Crippen LogP) is 3.98. The molecule has 0 radical (unpaired) electrons. The Morgan fingerprint density at radius 1 is 0.980 bits per heavy atom. The molecule has 1 atom stereocenters. The zero-order valence-corrected chi connectivity index (χ0v) is 29.5.